The van der Waals surface area contributed by atoms with Gasteiger partial charge in [-0.25, -0.2) is 4.79 Å². The van der Waals surface area contributed by atoms with E-state index in [1.54, 1.807) is 6.07 Å². The molecule has 0 aromatic heterocycles. The normalized spacial score (nSPS) is 16.9. The van der Waals surface area contributed by atoms with Gasteiger partial charge in [0.05, 0.1) is 0 Å². The molecule has 1 saturated carbocycles. The van der Waals surface area contributed by atoms with E-state index >= 15 is 0 Å². The Morgan fingerprint density at radius 2 is 1.70 bits per heavy atom. The Morgan fingerprint density at radius 3 is 2.43 bits per heavy atom. The first-order valence-corrected chi connectivity index (χ1v) is 8.18. The summed E-state index contributed by atoms with van der Waals surface area (Å²) >= 11 is 0. The lowest BCUT2D eigenvalue weighted by Gasteiger charge is -2.28. The van der Waals surface area contributed by atoms with Crippen molar-refractivity contribution in [2.24, 2.45) is 5.92 Å². The van der Waals surface area contributed by atoms with E-state index in [0.29, 0.717) is 5.56 Å². The molecule has 0 radical (unpaired) electrons. The Morgan fingerprint density at radius 1 is 1.00 bits per heavy atom. The molecule has 1 aliphatic carbocycles. The zero-order chi connectivity index (χ0) is 16.2. The van der Waals surface area contributed by atoms with Crippen molar-refractivity contribution < 1.29 is 14.7 Å². The van der Waals surface area contributed by atoms with Gasteiger partial charge in [0.25, 0.3) is 5.91 Å². The van der Waals surface area contributed by atoms with Crippen LogP contribution in [-0.4, -0.2) is 23.0 Å². The van der Waals surface area contributed by atoms with Crippen LogP contribution in [0.3, 0.4) is 0 Å². The van der Waals surface area contributed by atoms with Crippen molar-refractivity contribution in [3.8, 4) is 0 Å². The molecule has 23 heavy (non-hydrogen) atoms. The number of amides is 1. The fraction of sp³-hybridized carbons (Fsp3) is 0.368. The lowest BCUT2D eigenvalue weighted by molar-refractivity contribution is -0.141. The highest BCUT2D eigenvalue weighted by Crippen LogP contribution is 2.27. The van der Waals surface area contributed by atoms with E-state index in [-0.39, 0.29) is 11.8 Å². The largest absolute Gasteiger partial charge is 0.480 e. The van der Waals surface area contributed by atoms with Crippen LogP contribution >= 0.6 is 0 Å². The number of rotatable bonds is 4. The van der Waals surface area contributed by atoms with Gasteiger partial charge in [0.15, 0.2) is 0 Å². The van der Waals surface area contributed by atoms with Crippen molar-refractivity contribution in [1.29, 1.82) is 0 Å². The predicted octanol–water partition coefficient (Wildman–Crippen LogP) is 3.60. The molecule has 2 aromatic carbocycles. The van der Waals surface area contributed by atoms with E-state index in [9.17, 15) is 14.7 Å². The number of benzene rings is 2. The molecule has 0 aliphatic heterocycles. The van der Waals surface area contributed by atoms with Gasteiger partial charge in [0.1, 0.15) is 6.04 Å². The smallest absolute Gasteiger partial charge is 0.326 e. The van der Waals surface area contributed by atoms with Crippen LogP contribution < -0.4 is 5.32 Å². The first-order valence-electron chi connectivity index (χ1n) is 8.18. The lowest BCUT2D eigenvalue weighted by Crippen LogP contribution is -2.46. The van der Waals surface area contributed by atoms with Gasteiger partial charge in [-0.3, -0.25) is 4.79 Å². The molecule has 1 amide bonds. The number of fused-ring (bicyclic) bond motifs is 1. The number of nitrogens with one attached hydrogen (secondary N) is 1. The average Bonchev–Trinajstić information content (AvgIpc) is 2.59. The molecule has 3 rings (SSSR count). The van der Waals surface area contributed by atoms with Gasteiger partial charge in [-0.05, 0) is 35.6 Å². The number of hydrogen-bond donors (Lipinski definition) is 2. The van der Waals surface area contributed by atoms with Crippen LogP contribution in [0.2, 0.25) is 0 Å². The third kappa shape index (κ3) is 3.36. The van der Waals surface area contributed by atoms with Crippen molar-refractivity contribution in [2.75, 3.05) is 0 Å². The molecular weight excluding hydrogens is 290 g/mol. The molecule has 0 spiro atoms. The van der Waals surface area contributed by atoms with Crippen molar-refractivity contribution in [2.45, 2.75) is 38.1 Å². The molecule has 4 heteroatoms. The molecule has 0 bridgehead atoms. The maximum absolute atomic E-state index is 12.6. The molecule has 1 fully saturated rings. The molecule has 0 saturated heterocycles. The van der Waals surface area contributed by atoms with Gasteiger partial charge in [-0.2, -0.15) is 0 Å². The van der Waals surface area contributed by atoms with Crippen molar-refractivity contribution in [1.82, 2.24) is 5.32 Å². The summed E-state index contributed by atoms with van der Waals surface area (Å²) in [5.41, 5.74) is 0.533. The highest BCUT2D eigenvalue weighted by molar-refractivity contribution is 6.07. The fourth-order valence-corrected chi connectivity index (χ4v) is 3.49. The van der Waals surface area contributed by atoms with E-state index in [1.165, 1.54) is 0 Å². The van der Waals surface area contributed by atoms with Crippen molar-refractivity contribution in [3.05, 3.63) is 48.0 Å². The van der Waals surface area contributed by atoms with Gasteiger partial charge in [0.2, 0.25) is 0 Å². The molecule has 1 atom stereocenters. The highest BCUT2D eigenvalue weighted by Gasteiger charge is 2.31. The summed E-state index contributed by atoms with van der Waals surface area (Å²) in [6.07, 6.45) is 4.97. The van der Waals surface area contributed by atoms with Gasteiger partial charge in [0, 0.05) is 5.56 Å². The van der Waals surface area contributed by atoms with E-state index < -0.39 is 12.0 Å². The zero-order valence-electron chi connectivity index (χ0n) is 13.0. The third-order valence-corrected chi connectivity index (χ3v) is 4.71. The Labute approximate surface area is 135 Å². The van der Waals surface area contributed by atoms with Gasteiger partial charge in [-0.1, -0.05) is 55.7 Å². The molecular formula is C19H21NO3. The Kier molecular flexibility index (Phi) is 4.60. The molecule has 120 valence electrons. The van der Waals surface area contributed by atoms with Crippen LogP contribution in [-0.2, 0) is 4.79 Å². The molecule has 0 unspecified atom stereocenters. The van der Waals surface area contributed by atoms with E-state index in [4.69, 9.17) is 0 Å². The van der Waals surface area contributed by atoms with Gasteiger partial charge in [-0.15, -0.1) is 0 Å². The maximum atomic E-state index is 12.6. The SMILES string of the molecule is O=C(N[C@H](C(=O)O)C1CCCCC1)c1cccc2ccccc12. The fourth-order valence-electron chi connectivity index (χ4n) is 3.49. The van der Waals surface area contributed by atoms with Gasteiger partial charge < -0.3 is 10.4 Å². The summed E-state index contributed by atoms with van der Waals surface area (Å²) in [6.45, 7) is 0. The number of carbonyl (C=O) groups is 2. The second kappa shape index (κ2) is 6.82. The van der Waals surface area contributed by atoms with Crippen LogP contribution in [0, 0.1) is 5.92 Å². The average molecular weight is 311 g/mol. The quantitative estimate of drug-likeness (QED) is 0.906. The number of carboxylic acid groups (broad SMARTS) is 1. The zero-order valence-corrected chi connectivity index (χ0v) is 13.0. The maximum Gasteiger partial charge on any atom is 0.326 e. The minimum Gasteiger partial charge on any atom is -0.480 e. The second-order valence-electron chi connectivity index (χ2n) is 6.21. The van der Waals surface area contributed by atoms with Crippen LogP contribution in [0.5, 0.6) is 0 Å². The third-order valence-electron chi connectivity index (χ3n) is 4.71. The second-order valence-corrected chi connectivity index (χ2v) is 6.21. The molecule has 2 aromatic rings. The Bertz CT molecular complexity index is 714. The predicted molar refractivity (Wildman–Crippen MR) is 89.4 cm³/mol. The van der Waals surface area contributed by atoms with Crippen molar-refractivity contribution >= 4 is 22.6 Å². The topological polar surface area (TPSA) is 66.4 Å². The van der Waals surface area contributed by atoms with Crippen LogP contribution in [0.15, 0.2) is 42.5 Å². The minimum atomic E-state index is -0.939. The summed E-state index contributed by atoms with van der Waals surface area (Å²) in [5, 5.41) is 14.1. The molecule has 1 aliphatic rings. The number of carboxylic acids is 1. The molecule has 2 N–H and O–H groups in total. The van der Waals surface area contributed by atoms with E-state index in [0.717, 1.165) is 42.9 Å². The molecule has 0 heterocycles. The summed E-state index contributed by atoms with van der Waals surface area (Å²) in [6, 6.07) is 12.4. The van der Waals surface area contributed by atoms with E-state index in [2.05, 4.69) is 5.32 Å². The minimum absolute atomic E-state index is 0.0279. The number of hydrogen-bond acceptors (Lipinski definition) is 2. The van der Waals surface area contributed by atoms with Crippen LogP contribution in [0.1, 0.15) is 42.5 Å². The monoisotopic (exact) mass is 311 g/mol. The summed E-state index contributed by atoms with van der Waals surface area (Å²) in [4.78, 5) is 24.3. The first kappa shape index (κ1) is 15.5. The van der Waals surface area contributed by atoms with Crippen LogP contribution in [0.4, 0.5) is 0 Å². The van der Waals surface area contributed by atoms with E-state index in [1.807, 2.05) is 36.4 Å². The standard InChI is InChI=1S/C19H21NO3/c21-18(16-12-6-10-13-7-4-5-11-15(13)16)20-17(19(22)23)14-8-2-1-3-9-14/h4-7,10-12,14,17H,1-3,8-9H2,(H,20,21)(H,22,23)/t17-/m0/s1. The first-order chi connectivity index (χ1) is 11.2. The van der Waals surface area contributed by atoms with Crippen molar-refractivity contribution in [3.63, 3.8) is 0 Å². The molecule has 4 nitrogen and oxygen atoms in total. The highest BCUT2D eigenvalue weighted by atomic mass is 16.4. The van der Waals surface area contributed by atoms with Gasteiger partial charge >= 0.3 is 5.97 Å². The number of aliphatic carboxylic acids is 1. The Balaban J connectivity index is 1.84. The summed E-state index contributed by atoms with van der Waals surface area (Å²) < 4.78 is 0. The summed E-state index contributed by atoms with van der Waals surface area (Å²) in [7, 11) is 0. The number of carbonyl (C=O) groups excluding carboxylic acids is 1. The Hall–Kier alpha value is -2.36. The lowest BCUT2D eigenvalue weighted by atomic mass is 9.83. The summed E-state index contributed by atoms with van der Waals surface area (Å²) in [5.74, 6) is -1.22. The van der Waals surface area contributed by atoms with Crippen LogP contribution in [0.25, 0.3) is 10.8 Å².